The van der Waals surface area contributed by atoms with Gasteiger partial charge in [0, 0.05) is 51.7 Å². The second-order valence-electron chi connectivity index (χ2n) is 6.05. The van der Waals surface area contributed by atoms with Gasteiger partial charge in [-0.15, -0.1) is 37.2 Å². The van der Waals surface area contributed by atoms with Gasteiger partial charge in [-0.3, -0.25) is 9.69 Å². The molecule has 1 amide bonds. The van der Waals surface area contributed by atoms with Gasteiger partial charge in [0.1, 0.15) is 0 Å². The van der Waals surface area contributed by atoms with Crippen LogP contribution in [-0.4, -0.2) is 68.1 Å². The maximum absolute atomic E-state index is 11.8. The average molecular weight is 378 g/mol. The molecule has 5 nitrogen and oxygen atoms in total. The van der Waals surface area contributed by atoms with Crippen LogP contribution in [0.25, 0.3) is 0 Å². The number of piperazine rings is 1. The Morgan fingerprint density at radius 1 is 1.14 bits per heavy atom. The lowest BCUT2D eigenvalue weighted by molar-refractivity contribution is -0.122. The molecule has 22 heavy (non-hydrogen) atoms. The summed E-state index contributed by atoms with van der Waals surface area (Å²) in [5, 5.41) is 3.04. The molecule has 0 bridgehead atoms. The molecule has 8 heteroatoms. The molecule has 0 aromatic rings. The third-order valence-corrected chi connectivity index (χ3v) is 4.51. The Hall–Kier alpha value is 0.220. The monoisotopic (exact) mass is 376 g/mol. The van der Waals surface area contributed by atoms with Gasteiger partial charge in [0.15, 0.2) is 0 Å². The van der Waals surface area contributed by atoms with Crippen molar-refractivity contribution in [1.29, 1.82) is 0 Å². The Balaban J connectivity index is 0. The summed E-state index contributed by atoms with van der Waals surface area (Å²) in [5.41, 5.74) is 5.99. The number of nitrogens with two attached hydrogens (primary N) is 1. The molecule has 2 atom stereocenters. The summed E-state index contributed by atoms with van der Waals surface area (Å²) in [6.07, 6.45) is 4.00. The number of hydrogen-bond acceptors (Lipinski definition) is 4. The molecular formula is C14H31Cl3N4O. The van der Waals surface area contributed by atoms with E-state index in [1.54, 1.807) is 0 Å². The predicted octanol–water partition coefficient (Wildman–Crippen LogP) is 1.13. The van der Waals surface area contributed by atoms with E-state index in [4.69, 9.17) is 5.73 Å². The summed E-state index contributed by atoms with van der Waals surface area (Å²) in [4.78, 5) is 16.6. The Labute approximate surface area is 153 Å². The van der Waals surface area contributed by atoms with E-state index in [1.807, 2.05) is 0 Å². The molecule has 1 saturated carbocycles. The van der Waals surface area contributed by atoms with Crippen molar-refractivity contribution in [3.8, 4) is 0 Å². The highest BCUT2D eigenvalue weighted by atomic mass is 35.5. The lowest BCUT2D eigenvalue weighted by Crippen LogP contribution is -2.47. The number of carbonyl (C=O) groups is 1. The van der Waals surface area contributed by atoms with Crippen LogP contribution in [0.1, 0.15) is 25.7 Å². The fraction of sp³-hybridized carbons (Fsp3) is 0.929. The van der Waals surface area contributed by atoms with E-state index in [0.717, 1.165) is 52.1 Å². The third kappa shape index (κ3) is 8.18. The second-order valence-corrected chi connectivity index (χ2v) is 6.05. The summed E-state index contributed by atoms with van der Waals surface area (Å²) < 4.78 is 0. The average Bonchev–Trinajstić information content (AvgIpc) is 2.78. The van der Waals surface area contributed by atoms with Gasteiger partial charge in [0.2, 0.25) is 5.91 Å². The number of halogens is 3. The summed E-state index contributed by atoms with van der Waals surface area (Å²) in [5.74, 6) is 0.583. The zero-order valence-corrected chi connectivity index (χ0v) is 15.8. The van der Waals surface area contributed by atoms with Crippen molar-refractivity contribution >= 4 is 43.1 Å². The maximum Gasteiger partial charge on any atom is 0.220 e. The normalized spacial score (nSPS) is 25.5. The number of likely N-dealkylation sites (N-methyl/N-ethyl adjacent to an activating group) is 1. The van der Waals surface area contributed by atoms with E-state index in [2.05, 4.69) is 22.2 Å². The first-order valence-electron chi connectivity index (χ1n) is 7.58. The van der Waals surface area contributed by atoms with Gasteiger partial charge in [-0.1, -0.05) is 6.42 Å². The van der Waals surface area contributed by atoms with E-state index in [9.17, 15) is 4.79 Å². The van der Waals surface area contributed by atoms with Crippen molar-refractivity contribution in [3.05, 3.63) is 0 Å². The number of carbonyl (C=O) groups excluding carboxylic acids is 1. The fourth-order valence-corrected chi connectivity index (χ4v) is 3.05. The molecule has 1 aliphatic heterocycles. The first-order valence-corrected chi connectivity index (χ1v) is 7.58. The number of nitrogens with zero attached hydrogens (tertiary/aromatic N) is 2. The van der Waals surface area contributed by atoms with E-state index in [1.165, 1.54) is 6.42 Å². The van der Waals surface area contributed by atoms with Gasteiger partial charge < -0.3 is 16.0 Å². The molecule has 0 spiro atoms. The number of amides is 1. The van der Waals surface area contributed by atoms with Crippen LogP contribution in [-0.2, 0) is 4.79 Å². The molecule has 2 rings (SSSR count). The largest absolute Gasteiger partial charge is 0.355 e. The first-order chi connectivity index (χ1) is 9.15. The predicted molar refractivity (Wildman–Crippen MR) is 98.6 cm³/mol. The highest BCUT2D eigenvalue weighted by Crippen LogP contribution is 2.26. The minimum absolute atomic E-state index is 0. The van der Waals surface area contributed by atoms with Crippen molar-refractivity contribution in [1.82, 2.24) is 15.1 Å². The molecule has 0 unspecified atom stereocenters. The molecule has 2 aliphatic rings. The van der Waals surface area contributed by atoms with Gasteiger partial charge in [-0.05, 0) is 25.8 Å². The van der Waals surface area contributed by atoms with Gasteiger partial charge in [-0.25, -0.2) is 0 Å². The molecule has 1 aliphatic carbocycles. The Morgan fingerprint density at radius 3 is 2.32 bits per heavy atom. The van der Waals surface area contributed by atoms with E-state index in [0.29, 0.717) is 12.3 Å². The van der Waals surface area contributed by atoms with E-state index >= 15 is 0 Å². The van der Waals surface area contributed by atoms with Crippen LogP contribution in [0.2, 0.25) is 0 Å². The molecule has 1 saturated heterocycles. The number of hydrogen-bond donors (Lipinski definition) is 2. The molecule has 0 aromatic heterocycles. The summed E-state index contributed by atoms with van der Waals surface area (Å²) in [7, 11) is 2.16. The zero-order chi connectivity index (χ0) is 13.7. The van der Waals surface area contributed by atoms with Crippen LogP contribution in [0.5, 0.6) is 0 Å². The lowest BCUT2D eigenvalue weighted by Gasteiger charge is -2.32. The summed E-state index contributed by atoms with van der Waals surface area (Å²) in [6.45, 7) is 6.22. The molecule has 0 aromatic carbocycles. The standard InChI is InChI=1S/C14H28N4O.3ClH/c1-17-7-9-18(10-8-17)6-5-16-14(19)11-12-3-2-4-13(12)15;;;/h12-13H,2-11,15H2,1H3,(H,16,19);3*1H/t12-,13+;;;/m0.../s1. The molecule has 2 fully saturated rings. The maximum atomic E-state index is 11.8. The van der Waals surface area contributed by atoms with Crippen LogP contribution >= 0.6 is 37.2 Å². The molecule has 3 N–H and O–H groups in total. The van der Waals surface area contributed by atoms with Crippen molar-refractivity contribution in [2.24, 2.45) is 11.7 Å². The topological polar surface area (TPSA) is 61.6 Å². The molecular weight excluding hydrogens is 347 g/mol. The number of nitrogens with one attached hydrogen (secondary N) is 1. The minimum Gasteiger partial charge on any atom is -0.355 e. The molecule has 134 valence electrons. The van der Waals surface area contributed by atoms with Crippen molar-refractivity contribution in [3.63, 3.8) is 0 Å². The van der Waals surface area contributed by atoms with Crippen LogP contribution in [0, 0.1) is 5.92 Å². The smallest absolute Gasteiger partial charge is 0.220 e. The van der Waals surface area contributed by atoms with Gasteiger partial charge >= 0.3 is 0 Å². The van der Waals surface area contributed by atoms with Gasteiger partial charge in [-0.2, -0.15) is 0 Å². The van der Waals surface area contributed by atoms with E-state index in [-0.39, 0.29) is 49.2 Å². The van der Waals surface area contributed by atoms with Crippen LogP contribution in [0.15, 0.2) is 0 Å². The van der Waals surface area contributed by atoms with Gasteiger partial charge in [0.25, 0.3) is 0 Å². The van der Waals surface area contributed by atoms with Crippen molar-refractivity contribution in [2.45, 2.75) is 31.7 Å². The van der Waals surface area contributed by atoms with Crippen LogP contribution < -0.4 is 11.1 Å². The highest BCUT2D eigenvalue weighted by Gasteiger charge is 2.25. The third-order valence-electron chi connectivity index (χ3n) is 4.51. The summed E-state index contributed by atoms with van der Waals surface area (Å²) in [6, 6.07) is 0.239. The minimum atomic E-state index is 0. The second kappa shape index (κ2) is 12.6. The number of rotatable bonds is 5. The molecule has 0 radical (unpaired) electrons. The molecule has 1 heterocycles. The quantitative estimate of drug-likeness (QED) is 0.754. The van der Waals surface area contributed by atoms with E-state index < -0.39 is 0 Å². The van der Waals surface area contributed by atoms with Crippen molar-refractivity contribution < 1.29 is 4.79 Å². The zero-order valence-electron chi connectivity index (χ0n) is 13.3. The Kier molecular flexibility index (Phi) is 14.0. The van der Waals surface area contributed by atoms with Crippen molar-refractivity contribution in [2.75, 3.05) is 46.3 Å². The first kappa shape index (κ1) is 24.5. The highest BCUT2D eigenvalue weighted by molar-refractivity contribution is 5.86. The Bertz CT molecular complexity index is 302. The summed E-state index contributed by atoms with van der Waals surface area (Å²) >= 11 is 0. The Morgan fingerprint density at radius 2 is 1.77 bits per heavy atom. The van der Waals surface area contributed by atoms with Crippen LogP contribution in [0.3, 0.4) is 0 Å². The lowest BCUT2D eigenvalue weighted by atomic mass is 10.00. The fourth-order valence-electron chi connectivity index (χ4n) is 3.05. The van der Waals surface area contributed by atoms with Gasteiger partial charge in [0.05, 0.1) is 0 Å². The SMILES string of the molecule is CN1CCN(CCNC(=O)C[C@@H]2CCC[C@H]2N)CC1.Cl.Cl.Cl. The van der Waals surface area contributed by atoms with Crippen LogP contribution in [0.4, 0.5) is 0 Å².